The van der Waals surface area contributed by atoms with Crippen molar-refractivity contribution < 1.29 is 0 Å². The van der Waals surface area contributed by atoms with Crippen LogP contribution < -0.4 is 9.80 Å². The summed E-state index contributed by atoms with van der Waals surface area (Å²) in [5, 5.41) is 0. The molecule has 10 aromatic rings. The average molecular weight is 903 g/mol. The van der Waals surface area contributed by atoms with Crippen molar-refractivity contribution in [1.29, 1.82) is 0 Å². The fourth-order valence-electron chi connectivity index (χ4n) is 10.9. The molecule has 12 rings (SSSR count). The van der Waals surface area contributed by atoms with E-state index in [1.807, 2.05) is 13.8 Å². The fourth-order valence-corrected chi connectivity index (χ4v) is 10.9. The van der Waals surface area contributed by atoms with Crippen LogP contribution >= 0.6 is 0 Å². The van der Waals surface area contributed by atoms with Gasteiger partial charge in [-0.15, -0.1) is 0 Å². The summed E-state index contributed by atoms with van der Waals surface area (Å²) < 4.78 is 0. The van der Waals surface area contributed by atoms with E-state index >= 15 is 0 Å². The van der Waals surface area contributed by atoms with Gasteiger partial charge in [-0.2, -0.15) is 0 Å². The van der Waals surface area contributed by atoms with Crippen LogP contribution in [0.2, 0.25) is 0 Å². The number of fused-ring (bicyclic) bond motifs is 4. The number of para-hydroxylation sites is 2. The second-order valence-electron chi connectivity index (χ2n) is 19.4. The second kappa shape index (κ2) is 18.0. The van der Waals surface area contributed by atoms with Crippen molar-refractivity contribution in [2.75, 3.05) is 9.80 Å². The fraction of sp³-hybridized carbons (Fsp3) is 0.118. The minimum Gasteiger partial charge on any atom is -0.310 e. The third-order valence-corrected chi connectivity index (χ3v) is 14.7. The van der Waals surface area contributed by atoms with Crippen LogP contribution in [0.1, 0.15) is 63.8 Å². The molecule has 0 fully saturated rings. The van der Waals surface area contributed by atoms with Crippen LogP contribution in [0.25, 0.3) is 55.6 Å². The van der Waals surface area contributed by atoms with Crippen LogP contribution in [-0.2, 0) is 10.8 Å². The minimum atomic E-state index is -0.224. The highest BCUT2D eigenvalue weighted by Gasteiger charge is 2.39. The molecule has 0 saturated heterocycles. The molecule has 340 valence electrons. The lowest BCUT2D eigenvalue weighted by molar-refractivity contribution is 0.631. The lowest BCUT2D eigenvalue weighted by atomic mass is 9.71. The van der Waals surface area contributed by atoms with Gasteiger partial charge in [0.25, 0.3) is 0 Å². The summed E-state index contributed by atoms with van der Waals surface area (Å²) in [4.78, 5) is 4.91. The molecular formula is C68H58N2. The van der Waals surface area contributed by atoms with Crippen LogP contribution in [0.4, 0.5) is 34.1 Å². The third kappa shape index (κ3) is 7.71. The molecule has 0 unspecified atom stereocenters. The molecule has 2 nitrogen and oxygen atoms in total. The van der Waals surface area contributed by atoms with E-state index in [0.29, 0.717) is 0 Å². The summed E-state index contributed by atoms with van der Waals surface area (Å²) in [5.74, 6) is 0. The van der Waals surface area contributed by atoms with E-state index in [1.165, 1.54) is 101 Å². The van der Waals surface area contributed by atoms with Gasteiger partial charge in [-0.3, -0.25) is 0 Å². The molecule has 2 aliphatic heterocycles. The van der Waals surface area contributed by atoms with Gasteiger partial charge in [0.15, 0.2) is 0 Å². The van der Waals surface area contributed by atoms with Crippen molar-refractivity contribution >= 4 is 34.1 Å². The Labute approximate surface area is 414 Å². The number of benzene rings is 10. The maximum absolute atomic E-state index is 2.46. The summed E-state index contributed by atoms with van der Waals surface area (Å²) in [6.07, 6.45) is 0. The van der Waals surface area contributed by atoms with E-state index in [1.54, 1.807) is 0 Å². The Morgan fingerprint density at radius 3 is 0.800 bits per heavy atom. The first kappa shape index (κ1) is 44.3. The van der Waals surface area contributed by atoms with Crippen molar-refractivity contribution in [3.8, 4) is 55.6 Å². The largest absolute Gasteiger partial charge is 0.310 e. The highest BCUT2D eigenvalue weighted by atomic mass is 15.2. The molecule has 2 aliphatic rings. The van der Waals surface area contributed by atoms with Crippen LogP contribution in [0.5, 0.6) is 0 Å². The Hall–Kier alpha value is -8.20. The molecule has 0 atom stereocenters. The van der Waals surface area contributed by atoms with Gasteiger partial charge in [0, 0.05) is 22.2 Å². The first-order valence-corrected chi connectivity index (χ1v) is 24.8. The SMILES string of the molecule is CC.CC1(C)c2ccccc2N(c2ccc(-c3ccc(-c4ccccc4)cc3)cc2)c2ccc(-c3ccc4c(c3)C(C)(C)c3ccccc3N4c3ccc(-c4ccc(-c5ccccc5)cc4)cc3)cc21. The van der Waals surface area contributed by atoms with Crippen molar-refractivity contribution in [3.05, 3.63) is 265 Å². The molecule has 0 spiro atoms. The van der Waals surface area contributed by atoms with Gasteiger partial charge in [0.1, 0.15) is 0 Å². The normalized spacial score (nSPS) is 13.7. The smallest absolute Gasteiger partial charge is 0.0503 e. The van der Waals surface area contributed by atoms with Gasteiger partial charge in [0.2, 0.25) is 0 Å². The number of anilines is 6. The standard InChI is InChI=1S/C66H52N2.C2H6/c1-65(2)57-19-11-13-21-61(57)67(55-37-31-51(32-38-55)49-27-23-47(24-28-49)45-15-7-5-8-16-45)63-41-35-53(43-59(63)65)54-36-42-64-60(44-54)66(3,4)58-20-12-14-22-62(58)68(64)56-39-33-52(34-40-56)50-29-25-48(26-30-50)46-17-9-6-10-18-46;1-2/h5-44H,1-4H3;1-2H3. The van der Waals surface area contributed by atoms with Gasteiger partial charge in [-0.05, 0) is 139 Å². The van der Waals surface area contributed by atoms with Gasteiger partial charge in [0.05, 0.1) is 22.7 Å². The van der Waals surface area contributed by atoms with Crippen molar-refractivity contribution in [2.24, 2.45) is 0 Å². The third-order valence-electron chi connectivity index (χ3n) is 14.7. The molecule has 0 N–H and O–H groups in total. The van der Waals surface area contributed by atoms with Crippen LogP contribution in [0, 0.1) is 0 Å². The molecule has 0 amide bonds. The molecular weight excluding hydrogens is 845 g/mol. The molecule has 10 aromatic carbocycles. The molecule has 0 bridgehead atoms. The minimum absolute atomic E-state index is 0.224. The average Bonchev–Trinajstić information content (AvgIpc) is 3.42. The van der Waals surface area contributed by atoms with Gasteiger partial charge < -0.3 is 9.80 Å². The first-order valence-electron chi connectivity index (χ1n) is 24.8. The van der Waals surface area contributed by atoms with Crippen molar-refractivity contribution in [2.45, 2.75) is 52.4 Å². The molecule has 0 aliphatic carbocycles. The Kier molecular flexibility index (Phi) is 11.4. The zero-order valence-electron chi connectivity index (χ0n) is 41.0. The summed E-state index contributed by atoms with van der Waals surface area (Å²) in [5.41, 5.74) is 24.2. The lowest BCUT2D eigenvalue weighted by Gasteiger charge is -2.43. The first-order chi connectivity index (χ1) is 34.2. The number of hydrogen-bond acceptors (Lipinski definition) is 2. The number of rotatable bonds is 7. The van der Waals surface area contributed by atoms with Crippen LogP contribution in [0.15, 0.2) is 243 Å². The van der Waals surface area contributed by atoms with E-state index in [2.05, 4.69) is 280 Å². The summed E-state index contributed by atoms with van der Waals surface area (Å²) >= 11 is 0. The lowest BCUT2D eigenvalue weighted by Crippen LogP contribution is -2.31. The molecule has 0 radical (unpaired) electrons. The van der Waals surface area contributed by atoms with Crippen LogP contribution in [0.3, 0.4) is 0 Å². The zero-order valence-corrected chi connectivity index (χ0v) is 41.0. The predicted molar refractivity (Wildman–Crippen MR) is 299 cm³/mol. The van der Waals surface area contributed by atoms with Gasteiger partial charge >= 0.3 is 0 Å². The predicted octanol–water partition coefficient (Wildman–Crippen LogP) is 19.3. The molecule has 70 heavy (non-hydrogen) atoms. The summed E-state index contributed by atoms with van der Waals surface area (Å²) in [7, 11) is 0. The van der Waals surface area contributed by atoms with Gasteiger partial charge in [-0.1, -0.05) is 224 Å². The number of hydrogen-bond donors (Lipinski definition) is 0. The highest BCUT2D eigenvalue weighted by molar-refractivity contribution is 5.91. The topological polar surface area (TPSA) is 6.48 Å². The maximum atomic E-state index is 2.46. The molecule has 2 heteroatoms. The Morgan fingerprint density at radius 1 is 0.229 bits per heavy atom. The number of nitrogens with zero attached hydrogens (tertiary/aromatic N) is 2. The Balaban J connectivity index is 0.00000263. The van der Waals surface area contributed by atoms with E-state index in [4.69, 9.17) is 0 Å². The molecule has 2 heterocycles. The maximum Gasteiger partial charge on any atom is 0.0503 e. The van der Waals surface area contributed by atoms with Crippen LogP contribution in [-0.4, -0.2) is 0 Å². The highest BCUT2D eigenvalue weighted by Crippen LogP contribution is 2.55. The van der Waals surface area contributed by atoms with E-state index in [-0.39, 0.29) is 10.8 Å². The van der Waals surface area contributed by atoms with E-state index in [9.17, 15) is 0 Å². The van der Waals surface area contributed by atoms with E-state index in [0.717, 1.165) is 11.4 Å². The second-order valence-corrected chi connectivity index (χ2v) is 19.4. The monoisotopic (exact) mass is 902 g/mol. The molecule has 0 aromatic heterocycles. The van der Waals surface area contributed by atoms with Crippen molar-refractivity contribution in [1.82, 2.24) is 0 Å². The molecule has 0 saturated carbocycles. The summed E-state index contributed by atoms with van der Waals surface area (Å²) in [6.45, 7) is 13.5. The van der Waals surface area contributed by atoms with Crippen molar-refractivity contribution in [3.63, 3.8) is 0 Å². The van der Waals surface area contributed by atoms with E-state index < -0.39 is 0 Å². The quantitative estimate of drug-likeness (QED) is 0.157. The van der Waals surface area contributed by atoms with Gasteiger partial charge in [-0.25, -0.2) is 0 Å². The Morgan fingerprint density at radius 2 is 0.471 bits per heavy atom. The zero-order chi connectivity index (χ0) is 48.0. The Bertz CT molecular complexity index is 3220. The summed E-state index contributed by atoms with van der Waals surface area (Å²) in [6, 6.07) is 89.2.